The number of anilines is 1. The highest BCUT2D eigenvalue weighted by molar-refractivity contribution is 9.10. The number of benzene rings is 2. The molecule has 0 N–H and O–H groups in total. The van der Waals surface area contributed by atoms with E-state index in [0.717, 1.165) is 10.5 Å². The summed E-state index contributed by atoms with van der Waals surface area (Å²) in [6.07, 6.45) is 0. The molecule has 1 fully saturated rings. The van der Waals surface area contributed by atoms with Gasteiger partial charge < -0.3 is 4.90 Å². The van der Waals surface area contributed by atoms with Crippen LogP contribution < -0.4 is 4.90 Å². The normalized spacial score (nSPS) is 14.8. The number of carbonyl (C=O) groups excluding carboxylic acids is 2. The van der Waals surface area contributed by atoms with Crippen molar-refractivity contribution in [2.24, 2.45) is 0 Å². The predicted octanol–water partition coefficient (Wildman–Crippen LogP) is 3.56. The summed E-state index contributed by atoms with van der Waals surface area (Å²) in [4.78, 5) is 26.8. The number of hydrogen-bond donors (Lipinski definition) is 0. The van der Waals surface area contributed by atoms with Crippen molar-refractivity contribution in [3.05, 3.63) is 64.4 Å². The van der Waals surface area contributed by atoms with Crippen molar-refractivity contribution in [3.8, 4) is 0 Å². The zero-order valence-corrected chi connectivity index (χ0v) is 13.1. The third kappa shape index (κ3) is 2.74. The summed E-state index contributed by atoms with van der Waals surface area (Å²) in [5, 5.41) is 0. The first-order chi connectivity index (χ1) is 10.6. The Morgan fingerprint density at radius 3 is 2.50 bits per heavy atom. The number of rotatable bonds is 3. The molecule has 3 rings (SSSR count). The molecule has 0 aromatic heterocycles. The van der Waals surface area contributed by atoms with Gasteiger partial charge in [0.1, 0.15) is 12.4 Å². The molecule has 3 amide bonds. The fourth-order valence-corrected chi connectivity index (χ4v) is 2.71. The van der Waals surface area contributed by atoms with Crippen LogP contribution in [-0.4, -0.2) is 23.4 Å². The molecule has 0 unspecified atom stereocenters. The van der Waals surface area contributed by atoms with E-state index in [0.29, 0.717) is 11.0 Å². The zero-order chi connectivity index (χ0) is 15.7. The number of halogens is 2. The standard InChI is InChI=1S/C16H12BrFN2O2/c17-12-6-7-14(13(18)8-12)20-15(21)10-19(16(20)22)9-11-4-2-1-3-5-11/h1-8H,9-10H2. The lowest BCUT2D eigenvalue weighted by Crippen LogP contribution is -2.33. The van der Waals surface area contributed by atoms with E-state index in [-0.39, 0.29) is 12.2 Å². The van der Waals surface area contributed by atoms with Crippen molar-refractivity contribution in [1.29, 1.82) is 0 Å². The summed E-state index contributed by atoms with van der Waals surface area (Å²) in [7, 11) is 0. The Balaban J connectivity index is 1.85. The second-order valence-electron chi connectivity index (χ2n) is 4.95. The molecule has 112 valence electrons. The third-order valence-corrected chi connectivity index (χ3v) is 3.90. The van der Waals surface area contributed by atoms with Crippen LogP contribution in [-0.2, 0) is 11.3 Å². The van der Waals surface area contributed by atoms with E-state index in [9.17, 15) is 14.0 Å². The Hall–Kier alpha value is -2.21. The second kappa shape index (κ2) is 5.88. The van der Waals surface area contributed by atoms with Gasteiger partial charge in [0.2, 0.25) is 0 Å². The molecule has 0 aliphatic carbocycles. The number of nitrogens with zero attached hydrogens (tertiary/aromatic N) is 2. The number of carbonyl (C=O) groups is 2. The van der Waals surface area contributed by atoms with Gasteiger partial charge in [-0.2, -0.15) is 0 Å². The molecule has 1 aliphatic rings. The summed E-state index contributed by atoms with van der Waals surface area (Å²) < 4.78 is 14.6. The van der Waals surface area contributed by atoms with E-state index >= 15 is 0 Å². The lowest BCUT2D eigenvalue weighted by atomic mass is 10.2. The van der Waals surface area contributed by atoms with Gasteiger partial charge in [-0.1, -0.05) is 46.3 Å². The minimum Gasteiger partial charge on any atom is -0.310 e. The van der Waals surface area contributed by atoms with Gasteiger partial charge in [0, 0.05) is 11.0 Å². The zero-order valence-electron chi connectivity index (χ0n) is 11.5. The monoisotopic (exact) mass is 362 g/mol. The predicted molar refractivity (Wildman–Crippen MR) is 83.8 cm³/mol. The fourth-order valence-electron chi connectivity index (χ4n) is 2.38. The minimum atomic E-state index is -0.613. The van der Waals surface area contributed by atoms with Crippen molar-refractivity contribution in [1.82, 2.24) is 4.90 Å². The Labute approximate surface area is 135 Å². The average Bonchev–Trinajstić information content (AvgIpc) is 2.75. The maximum Gasteiger partial charge on any atom is 0.332 e. The summed E-state index contributed by atoms with van der Waals surface area (Å²) in [6.45, 7) is 0.267. The lowest BCUT2D eigenvalue weighted by molar-refractivity contribution is -0.116. The van der Waals surface area contributed by atoms with E-state index < -0.39 is 17.8 Å². The minimum absolute atomic E-state index is 0.0197. The van der Waals surface area contributed by atoms with Crippen LogP contribution >= 0.6 is 15.9 Å². The summed E-state index contributed by atoms with van der Waals surface area (Å²) in [6, 6.07) is 13.1. The van der Waals surface area contributed by atoms with Crippen LogP contribution in [0.1, 0.15) is 5.56 Å². The first kappa shape index (κ1) is 14.7. The summed E-state index contributed by atoms with van der Waals surface area (Å²) in [5.41, 5.74) is 0.899. The lowest BCUT2D eigenvalue weighted by Gasteiger charge is -2.17. The van der Waals surface area contributed by atoms with Gasteiger partial charge in [-0.25, -0.2) is 14.1 Å². The molecular weight excluding hydrogens is 351 g/mol. The molecular formula is C16H12BrFN2O2. The molecule has 6 heteroatoms. The molecule has 2 aromatic carbocycles. The third-order valence-electron chi connectivity index (χ3n) is 3.40. The molecule has 2 aromatic rings. The first-order valence-corrected chi connectivity index (χ1v) is 7.46. The Morgan fingerprint density at radius 1 is 1.09 bits per heavy atom. The van der Waals surface area contributed by atoms with E-state index in [4.69, 9.17) is 0 Å². The van der Waals surface area contributed by atoms with Crippen molar-refractivity contribution in [3.63, 3.8) is 0 Å². The highest BCUT2D eigenvalue weighted by Crippen LogP contribution is 2.27. The van der Waals surface area contributed by atoms with E-state index in [1.54, 1.807) is 6.07 Å². The Kier molecular flexibility index (Phi) is 3.94. The Morgan fingerprint density at radius 2 is 1.82 bits per heavy atom. The van der Waals surface area contributed by atoms with Crippen molar-refractivity contribution >= 4 is 33.6 Å². The molecule has 1 heterocycles. The van der Waals surface area contributed by atoms with Crippen molar-refractivity contribution in [2.45, 2.75) is 6.54 Å². The van der Waals surface area contributed by atoms with Crippen molar-refractivity contribution < 1.29 is 14.0 Å². The van der Waals surface area contributed by atoms with Crippen LogP contribution in [0.5, 0.6) is 0 Å². The topological polar surface area (TPSA) is 40.6 Å². The van der Waals surface area contributed by atoms with Crippen LogP contribution in [0.3, 0.4) is 0 Å². The fraction of sp³-hybridized carbons (Fsp3) is 0.125. The van der Waals surface area contributed by atoms with Gasteiger partial charge in [0.25, 0.3) is 5.91 Å². The Bertz CT molecular complexity index is 736. The molecule has 4 nitrogen and oxygen atoms in total. The van der Waals surface area contributed by atoms with Crippen molar-refractivity contribution in [2.75, 3.05) is 11.4 Å². The highest BCUT2D eigenvalue weighted by atomic mass is 79.9. The quantitative estimate of drug-likeness (QED) is 0.783. The van der Waals surface area contributed by atoms with E-state index in [1.165, 1.54) is 17.0 Å². The van der Waals surface area contributed by atoms with Crippen LogP contribution in [0.4, 0.5) is 14.9 Å². The van der Waals surface area contributed by atoms with Crippen LogP contribution in [0.2, 0.25) is 0 Å². The first-order valence-electron chi connectivity index (χ1n) is 6.67. The molecule has 0 spiro atoms. The molecule has 1 aliphatic heterocycles. The van der Waals surface area contributed by atoms with E-state index in [1.807, 2.05) is 30.3 Å². The van der Waals surface area contributed by atoms with Gasteiger partial charge in [0.05, 0.1) is 5.69 Å². The largest absolute Gasteiger partial charge is 0.332 e. The van der Waals surface area contributed by atoms with Crippen LogP contribution in [0, 0.1) is 5.82 Å². The molecule has 22 heavy (non-hydrogen) atoms. The summed E-state index contributed by atoms with van der Waals surface area (Å²) >= 11 is 3.15. The average molecular weight is 363 g/mol. The maximum absolute atomic E-state index is 14.0. The van der Waals surface area contributed by atoms with E-state index in [2.05, 4.69) is 15.9 Å². The van der Waals surface area contributed by atoms with Crippen LogP contribution in [0.15, 0.2) is 53.0 Å². The SMILES string of the molecule is O=C1CN(Cc2ccccc2)C(=O)N1c1ccc(Br)cc1F. The summed E-state index contributed by atoms with van der Waals surface area (Å²) in [5.74, 6) is -1.04. The molecule has 0 atom stereocenters. The highest BCUT2D eigenvalue weighted by Gasteiger charge is 2.38. The maximum atomic E-state index is 14.0. The van der Waals surface area contributed by atoms with Gasteiger partial charge in [-0.05, 0) is 23.8 Å². The van der Waals surface area contributed by atoms with Crippen LogP contribution in [0.25, 0.3) is 0 Å². The van der Waals surface area contributed by atoms with Gasteiger partial charge in [-0.15, -0.1) is 0 Å². The number of amides is 3. The number of urea groups is 1. The smallest absolute Gasteiger partial charge is 0.310 e. The van der Waals surface area contributed by atoms with Gasteiger partial charge in [0.15, 0.2) is 0 Å². The number of hydrogen-bond acceptors (Lipinski definition) is 2. The second-order valence-corrected chi connectivity index (χ2v) is 5.86. The molecule has 0 radical (unpaired) electrons. The molecule has 0 bridgehead atoms. The molecule has 0 saturated carbocycles. The molecule has 1 saturated heterocycles. The van der Waals surface area contributed by atoms with Gasteiger partial charge in [-0.3, -0.25) is 4.79 Å². The van der Waals surface area contributed by atoms with Gasteiger partial charge >= 0.3 is 6.03 Å². The number of imide groups is 1.